The van der Waals surface area contributed by atoms with E-state index in [0.717, 1.165) is 0 Å². The number of rotatable bonds is 7. The highest BCUT2D eigenvalue weighted by molar-refractivity contribution is 5.94. The van der Waals surface area contributed by atoms with Gasteiger partial charge >= 0.3 is 18.4 Å². The highest BCUT2D eigenvalue weighted by atomic mass is 19.4. The zero-order valence-corrected chi connectivity index (χ0v) is 21.4. The molecule has 2 aromatic carbocycles. The second-order valence-corrected chi connectivity index (χ2v) is 9.46. The molecule has 3 rings (SSSR count). The molecule has 0 bridgehead atoms. The fraction of sp³-hybridized carbons (Fsp3) is 0.360. The van der Waals surface area contributed by atoms with Crippen molar-refractivity contribution in [2.24, 2.45) is 0 Å². The van der Waals surface area contributed by atoms with Crippen molar-refractivity contribution in [3.8, 4) is 22.8 Å². The Balaban J connectivity index is 1.62. The van der Waals surface area contributed by atoms with Gasteiger partial charge in [0.2, 0.25) is 11.6 Å². The smallest absolute Gasteiger partial charge is 0.416 e. The number of carbonyl (C=O) groups is 2. The Hall–Kier alpha value is -4.30. The monoisotopic (exact) mass is 570 g/mol. The van der Waals surface area contributed by atoms with Gasteiger partial charge in [-0.2, -0.15) is 26.3 Å². The average molecular weight is 570 g/mol. The van der Waals surface area contributed by atoms with E-state index in [4.69, 9.17) is 4.74 Å². The number of amides is 2. The maximum atomic E-state index is 13.1. The molecule has 0 radical (unpaired) electrons. The van der Waals surface area contributed by atoms with Gasteiger partial charge in [0.05, 0.1) is 11.1 Å². The fourth-order valence-electron chi connectivity index (χ4n) is 3.21. The maximum Gasteiger partial charge on any atom is 0.416 e. The van der Waals surface area contributed by atoms with Crippen LogP contribution in [-0.4, -0.2) is 51.1 Å². The second kappa shape index (κ2) is 11.8. The number of alkyl carbamates (subject to hydrolysis) is 1. The van der Waals surface area contributed by atoms with Gasteiger partial charge in [0.25, 0.3) is 5.91 Å². The minimum atomic E-state index is -5.03. The number of benzene rings is 2. The number of hydrogen-bond donors (Lipinski definition) is 2. The first kappa shape index (κ1) is 30.2. The molecule has 0 unspecified atom stereocenters. The standard InChI is InChI=1S/C25H24F6N6O3/c1-23(2,3)40-22(39)33-10-4-9-32-21(38)15-7-5-14(6-8-15)19-34-36-20(37-35-19)16-11-17(24(26,27)28)13-18(12-16)25(29,30)31/h5-8,11-13H,4,9-10H2,1-3H3,(H,32,38)(H,33,39). The van der Waals surface area contributed by atoms with Gasteiger partial charge in [-0.3, -0.25) is 4.79 Å². The third-order valence-electron chi connectivity index (χ3n) is 5.04. The Morgan fingerprint density at radius 3 is 1.68 bits per heavy atom. The number of nitrogens with one attached hydrogen (secondary N) is 2. The number of ether oxygens (including phenoxy) is 1. The van der Waals surface area contributed by atoms with Crippen LogP contribution in [0.5, 0.6) is 0 Å². The average Bonchev–Trinajstić information content (AvgIpc) is 2.86. The van der Waals surface area contributed by atoms with E-state index in [-0.39, 0.29) is 24.3 Å². The molecule has 0 aliphatic rings. The van der Waals surface area contributed by atoms with Gasteiger partial charge in [0, 0.05) is 29.8 Å². The minimum absolute atomic E-state index is 0.00259. The van der Waals surface area contributed by atoms with Crippen molar-refractivity contribution >= 4 is 12.0 Å². The molecule has 0 atom stereocenters. The first-order valence-corrected chi connectivity index (χ1v) is 11.8. The largest absolute Gasteiger partial charge is 0.444 e. The molecule has 0 saturated heterocycles. The van der Waals surface area contributed by atoms with Crippen LogP contribution in [0.4, 0.5) is 31.1 Å². The molecular formula is C25H24F6N6O3. The van der Waals surface area contributed by atoms with E-state index in [2.05, 4.69) is 31.0 Å². The van der Waals surface area contributed by atoms with E-state index in [1.54, 1.807) is 20.8 Å². The van der Waals surface area contributed by atoms with Crippen LogP contribution < -0.4 is 10.6 Å². The summed E-state index contributed by atoms with van der Waals surface area (Å²) in [6.07, 6.45) is -10.2. The number of halogens is 6. The molecule has 1 aromatic heterocycles. The van der Waals surface area contributed by atoms with Gasteiger partial charge in [-0.25, -0.2) is 4.79 Å². The number of nitrogens with zero attached hydrogens (tertiary/aromatic N) is 4. The number of alkyl halides is 6. The Bertz CT molecular complexity index is 1310. The molecule has 214 valence electrons. The molecule has 2 N–H and O–H groups in total. The Kier molecular flexibility index (Phi) is 8.95. The van der Waals surface area contributed by atoms with E-state index in [1.807, 2.05) is 0 Å². The van der Waals surface area contributed by atoms with Crippen LogP contribution in [0.2, 0.25) is 0 Å². The predicted octanol–water partition coefficient (Wildman–Crippen LogP) is 5.28. The van der Waals surface area contributed by atoms with Crippen molar-refractivity contribution in [2.45, 2.75) is 45.1 Å². The first-order chi connectivity index (χ1) is 18.5. The molecule has 1 heterocycles. The highest BCUT2D eigenvalue weighted by Gasteiger charge is 2.37. The Morgan fingerprint density at radius 1 is 0.725 bits per heavy atom. The van der Waals surface area contributed by atoms with Crippen molar-refractivity contribution in [3.63, 3.8) is 0 Å². The number of carbonyl (C=O) groups excluding carboxylic acids is 2. The van der Waals surface area contributed by atoms with Crippen molar-refractivity contribution in [2.75, 3.05) is 13.1 Å². The topological polar surface area (TPSA) is 119 Å². The molecule has 0 spiro atoms. The predicted molar refractivity (Wildman–Crippen MR) is 130 cm³/mol. The van der Waals surface area contributed by atoms with Crippen molar-refractivity contribution in [3.05, 3.63) is 59.2 Å². The molecule has 0 aliphatic heterocycles. The van der Waals surface area contributed by atoms with E-state index < -0.39 is 46.6 Å². The summed E-state index contributed by atoms with van der Waals surface area (Å²) in [4.78, 5) is 23.9. The van der Waals surface area contributed by atoms with Crippen LogP contribution in [0, 0.1) is 0 Å². The summed E-state index contributed by atoms with van der Waals surface area (Å²) in [5.74, 6) is -0.981. The molecular weight excluding hydrogens is 546 g/mol. The first-order valence-electron chi connectivity index (χ1n) is 11.8. The van der Waals surface area contributed by atoms with Crippen molar-refractivity contribution < 1.29 is 40.7 Å². The summed E-state index contributed by atoms with van der Waals surface area (Å²) in [5.41, 5.74) is -3.56. The fourth-order valence-corrected chi connectivity index (χ4v) is 3.21. The van der Waals surface area contributed by atoms with Gasteiger partial charge in [0.15, 0.2) is 0 Å². The van der Waals surface area contributed by atoms with Gasteiger partial charge in [-0.1, -0.05) is 12.1 Å². The minimum Gasteiger partial charge on any atom is -0.444 e. The third-order valence-corrected chi connectivity index (χ3v) is 5.04. The summed E-state index contributed by atoms with van der Waals surface area (Å²) in [6, 6.07) is 6.83. The van der Waals surface area contributed by atoms with Crippen LogP contribution >= 0.6 is 0 Å². The van der Waals surface area contributed by atoms with Gasteiger partial charge < -0.3 is 15.4 Å². The van der Waals surface area contributed by atoms with Gasteiger partial charge in [0.1, 0.15) is 5.60 Å². The van der Waals surface area contributed by atoms with Crippen LogP contribution in [-0.2, 0) is 17.1 Å². The zero-order valence-electron chi connectivity index (χ0n) is 21.4. The summed E-state index contributed by atoms with van der Waals surface area (Å²) >= 11 is 0. The lowest BCUT2D eigenvalue weighted by atomic mass is 10.0. The molecule has 0 aliphatic carbocycles. The lowest BCUT2D eigenvalue weighted by molar-refractivity contribution is -0.143. The second-order valence-electron chi connectivity index (χ2n) is 9.46. The molecule has 3 aromatic rings. The molecule has 0 fully saturated rings. The molecule has 0 saturated carbocycles. The molecule has 2 amide bonds. The van der Waals surface area contributed by atoms with Crippen LogP contribution in [0.25, 0.3) is 22.8 Å². The number of aromatic nitrogens is 4. The summed E-state index contributed by atoms with van der Waals surface area (Å²) in [6.45, 7) is 5.79. The van der Waals surface area contributed by atoms with E-state index >= 15 is 0 Å². The van der Waals surface area contributed by atoms with Gasteiger partial charge in [-0.15, -0.1) is 20.4 Å². The summed E-state index contributed by atoms with van der Waals surface area (Å²) in [7, 11) is 0. The SMILES string of the molecule is CC(C)(C)OC(=O)NCCCNC(=O)c1ccc(-c2nnc(-c3cc(C(F)(F)F)cc(C(F)(F)F)c3)nn2)cc1. The normalized spacial score (nSPS) is 12.1. The van der Waals surface area contributed by atoms with E-state index in [9.17, 15) is 35.9 Å². The quantitative estimate of drug-likeness (QED) is 0.293. The Morgan fingerprint density at radius 2 is 1.20 bits per heavy atom. The Labute approximate surface area is 224 Å². The van der Waals surface area contributed by atoms with E-state index in [1.165, 1.54) is 24.3 Å². The maximum absolute atomic E-state index is 13.1. The van der Waals surface area contributed by atoms with Crippen molar-refractivity contribution in [1.82, 2.24) is 31.0 Å². The molecule has 15 heteroatoms. The molecule has 40 heavy (non-hydrogen) atoms. The van der Waals surface area contributed by atoms with Gasteiger partial charge in [-0.05, 0) is 57.5 Å². The lowest BCUT2D eigenvalue weighted by Crippen LogP contribution is -2.34. The van der Waals surface area contributed by atoms with Crippen LogP contribution in [0.3, 0.4) is 0 Å². The molecule has 9 nitrogen and oxygen atoms in total. The zero-order chi connectivity index (χ0) is 29.7. The van der Waals surface area contributed by atoms with Crippen LogP contribution in [0.1, 0.15) is 48.7 Å². The van der Waals surface area contributed by atoms with Crippen LogP contribution in [0.15, 0.2) is 42.5 Å². The highest BCUT2D eigenvalue weighted by Crippen LogP contribution is 2.38. The summed E-state index contributed by atoms with van der Waals surface area (Å²) < 4.78 is 83.8. The lowest BCUT2D eigenvalue weighted by Gasteiger charge is -2.19. The van der Waals surface area contributed by atoms with Crippen molar-refractivity contribution in [1.29, 1.82) is 0 Å². The summed E-state index contributed by atoms with van der Waals surface area (Å²) in [5, 5.41) is 20.1. The van der Waals surface area contributed by atoms with E-state index in [0.29, 0.717) is 36.2 Å². The third kappa shape index (κ3) is 8.61. The number of hydrogen-bond acceptors (Lipinski definition) is 7.